The quantitative estimate of drug-likeness (QED) is 0.217. The van der Waals surface area contributed by atoms with Crippen molar-refractivity contribution in [1.29, 1.82) is 0 Å². The van der Waals surface area contributed by atoms with Gasteiger partial charge in [-0.25, -0.2) is 4.79 Å². The van der Waals surface area contributed by atoms with E-state index in [9.17, 15) is 9.59 Å². The molecule has 1 amide bonds. The summed E-state index contributed by atoms with van der Waals surface area (Å²) in [5.74, 6) is 0.0659. The number of carboxylic acids is 1. The highest BCUT2D eigenvalue weighted by Gasteiger charge is 2.08. The van der Waals surface area contributed by atoms with Crippen LogP contribution >= 0.6 is 0 Å². The summed E-state index contributed by atoms with van der Waals surface area (Å²) in [6.07, 6.45) is 10.7. The van der Waals surface area contributed by atoms with E-state index in [0.29, 0.717) is 29.3 Å². The van der Waals surface area contributed by atoms with Gasteiger partial charge in [0.2, 0.25) is 0 Å². The van der Waals surface area contributed by atoms with Gasteiger partial charge in [0.15, 0.2) is 5.82 Å². The maximum absolute atomic E-state index is 12.2. The maximum Gasteiger partial charge on any atom is 0.335 e. The minimum Gasteiger partial charge on any atom is -0.478 e. The van der Waals surface area contributed by atoms with Gasteiger partial charge in [-0.05, 0) is 79.6 Å². The van der Waals surface area contributed by atoms with E-state index in [1.165, 1.54) is 0 Å². The molecule has 0 unspecified atom stereocenters. The van der Waals surface area contributed by atoms with Crippen LogP contribution in [0.1, 0.15) is 43.0 Å². The van der Waals surface area contributed by atoms with E-state index < -0.39 is 5.97 Å². The lowest BCUT2D eigenvalue weighted by atomic mass is 10.1. The number of rotatable bonds is 7. The first kappa shape index (κ1) is 31.8. The number of anilines is 2. The van der Waals surface area contributed by atoms with E-state index in [0.717, 1.165) is 28.8 Å². The number of nitrogens with two attached hydrogens (primary N) is 1. The number of hydrogen-bond donors (Lipinski definition) is 3. The number of carbonyl (C=O) groups excluding carboxylic acids is 1. The van der Waals surface area contributed by atoms with Gasteiger partial charge in [-0.1, -0.05) is 35.4 Å². The van der Waals surface area contributed by atoms with Crippen molar-refractivity contribution in [3.8, 4) is 0 Å². The molecule has 4 aromatic heterocycles. The summed E-state index contributed by atoms with van der Waals surface area (Å²) in [6.45, 7) is 5.20. The Morgan fingerprint density at radius 2 is 1.22 bits per heavy atom. The second-order valence-electron chi connectivity index (χ2n) is 10.0. The third kappa shape index (κ3) is 10.6. The van der Waals surface area contributed by atoms with Gasteiger partial charge in [-0.3, -0.25) is 24.1 Å². The third-order valence-corrected chi connectivity index (χ3v) is 6.28. The largest absolute Gasteiger partial charge is 0.478 e. The van der Waals surface area contributed by atoms with Gasteiger partial charge in [-0.15, -0.1) is 0 Å². The third-order valence-electron chi connectivity index (χ3n) is 6.28. The van der Waals surface area contributed by atoms with Crippen LogP contribution in [0, 0.1) is 13.8 Å². The fourth-order valence-corrected chi connectivity index (χ4v) is 4.09. The lowest BCUT2D eigenvalue weighted by Crippen LogP contribution is -2.13. The number of carbonyl (C=O) groups is 2. The Labute approximate surface area is 261 Å². The van der Waals surface area contributed by atoms with Crippen LogP contribution in [0.25, 0.3) is 0 Å². The number of aryl methyl sites for hydroxylation is 2. The number of pyridine rings is 2. The van der Waals surface area contributed by atoms with E-state index >= 15 is 0 Å². The van der Waals surface area contributed by atoms with Gasteiger partial charge in [0.1, 0.15) is 5.82 Å². The molecule has 6 aromatic rings. The Kier molecular flexibility index (Phi) is 11.3. The topological polar surface area (TPSA) is 154 Å². The molecule has 11 nitrogen and oxygen atoms in total. The van der Waals surface area contributed by atoms with E-state index in [2.05, 4.69) is 25.5 Å². The zero-order chi connectivity index (χ0) is 32.0. The van der Waals surface area contributed by atoms with Crippen LogP contribution in [0.3, 0.4) is 0 Å². The van der Waals surface area contributed by atoms with Crippen molar-refractivity contribution >= 4 is 23.5 Å². The molecule has 228 valence electrons. The van der Waals surface area contributed by atoms with E-state index in [1.807, 2.05) is 74.8 Å². The Bertz CT molecular complexity index is 1820. The first-order chi connectivity index (χ1) is 21.7. The number of amides is 1. The Hall–Kier alpha value is -6.10. The number of benzene rings is 2. The molecule has 0 bridgehead atoms. The van der Waals surface area contributed by atoms with Crippen LogP contribution < -0.4 is 11.1 Å². The SMILES string of the molecule is Cc1cccc(C(=O)Nc2ccn(Cc3ccncc3)n2)c1.Cc1cccc(C(=O)O)c1.Nc1ccn(Cc2ccncc2)n1. The monoisotopic (exact) mass is 602 g/mol. The van der Waals surface area contributed by atoms with Crippen LogP contribution in [0.2, 0.25) is 0 Å². The van der Waals surface area contributed by atoms with E-state index in [1.54, 1.807) is 70.5 Å². The minimum atomic E-state index is -0.872. The van der Waals surface area contributed by atoms with Gasteiger partial charge in [0, 0.05) is 48.8 Å². The lowest BCUT2D eigenvalue weighted by Gasteiger charge is -2.03. The molecule has 0 atom stereocenters. The second-order valence-corrected chi connectivity index (χ2v) is 10.0. The Balaban J connectivity index is 0.000000170. The highest BCUT2D eigenvalue weighted by molar-refractivity contribution is 6.03. The van der Waals surface area contributed by atoms with Crippen molar-refractivity contribution in [3.63, 3.8) is 0 Å². The molecule has 0 radical (unpaired) electrons. The van der Waals surface area contributed by atoms with Crippen molar-refractivity contribution < 1.29 is 14.7 Å². The number of hydrogen-bond acceptors (Lipinski definition) is 7. The normalized spacial score (nSPS) is 10.1. The lowest BCUT2D eigenvalue weighted by molar-refractivity contribution is 0.0696. The summed E-state index contributed by atoms with van der Waals surface area (Å²) in [7, 11) is 0. The average molecular weight is 603 g/mol. The summed E-state index contributed by atoms with van der Waals surface area (Å²) in [6, 6.07) is 25.6. The van der Waals surface area contributed by atoms with Crippen molar-refractivity contribution in [1.82, 2.24) is 29.5 Å². The van der Waals surface area contributed by atoms with Gasteiger partial charge in [0.25, 0.3) is 5.91 Å². The average Bonchev–Trinajstić information content (AvgIpc) is 3.66. The molecule has 0 saturated heterocycles. The summed E-state index contributed by atoms with van der Waals surface area (Å²) in [4.78, 5) is 30.4. The van der Waals surface area contributed by atoms with Crippen LogP contribution in [-0.4, -0.2) is 46.5 Å². The molecule has 4 heterocycles. The number of nitrogens with zero attached hydrogens (tertiary/aromatic N) is 6. The van der Waals surface area contributed by atoms with Gasteiger partial charge in [-0.2, -0.15) is 10.2 Å². The van der Waals surface area contributed by atoms with Gasteiger partial charge in [0.05, 0.1) is 18.7 Å². The van der Waals surface area contributed by atoms with Crippen LogP contribution in [-0.2, 0) is 13.1 Å². The number of aromatic carboxylic acids is 1. The zero-order valence-corrected chi connectivity index (χ0v) is 25.0. The van der Waals surface area contributed by atoms with Crippen molar-refractivity contribution in [2.24, 2.45) is 0 Å². The molecule has 4 N–H and O–H groups in total. The maximum atomic E-state index is 12.2. The smallest absolute Gasteiger partial charge is 0.335 e. The summed E-state index contributed by atoms with van der Waals surface area (Å²) >= 11 is 0. The zero-order valence-electron chi connectivity index (χ0n) is 25.0. The Morgan fingerprint density at radius 1 is 0.711 bits per heavy atom. The first-order valence-corrected chi connectivity index (χ1v) is 14.0. The molecule has 0 spiro atoms. The number of carboxylic acid groups (broad SMARTS) is 1. The fraction of sp³-hybridized carbons (Fsp3) is 0.118. The molecule has 0 aliphatic rings. The van der Waals surface area contributed by atoms with E-state index in [4.69, 9.17) is 10.8 Å². The standard InChI is InChI=1S/C17H16N4O.C9H10N4.C8H8O2/c1-13-3-2-4-15(11-13)17(22)19-16-7-10-21(20-16)12-14-5-8-18-9-6-14;10-9-3-6-13(12-9)7-8-1-4-11-5-2-8;1-6-3-2-4-7(5-6)8(9)10/h2-11H,12H2,1H3,(H,19,20,22);1-6H,7H2,(H2,10,12);2-5H,1H3,(H,9,10). The molecule has 6 rings (SSSR count). The van der Waals surface area contributed by atoms with Gasteiger partial charge < -0.3 is 16.2 Å². The van der Waals surface area contributed by atoms with Crippen LogP contribution in [0.5, 0.6) is 0 Å². The van der Waals surface area contributed by atoms with Gasteiger partial charge >= 0.3 is 5.97 Å². The second kappa shape index (κ2) is 15.9. The molecule has 2 aromatic carbocycles. The molecule has 11 heteroatoms. The first-order valence-electron chi connectivity index (χ1n) is 14.0. The summed E-state index contributed by atoms with van der Waals surface area (Å²) in [5.41, 5.74) is 10.8. The molecule has 0 fully saturated rings. The van der Waals surface area contributed by atoms with Crippen LogP contribution in [0.15, 0.2) is 122 Å². The fourth-order valence-electron chi connectivity index (χ4n) is 4.09. The number of nitrogens with one attached hydrogen (secondary N) is 1. The molecule has 0 saturated carbocycles. The molecule has 0 aliphatic heterocycles. The van der Waals surface area contributed by atoms with Crippen LogP contribution in [0.4, 0.5) is 11.6 Å². The summed E-state index contributed by atoms with van der Waals surface area (Å²) < 4.78 is 3.58. The molecule has 45 heavy (non-hydrogen) atoms. The Morgan fingerprint density at radius 3 is 1.71 bits per heavy atom. The highest BCUT2D eigenvalue weighted by atomic mass is 16.4. The van der Waals surface area contributed by atoms with Crippen molar-refractivity contribution in [2.45, 2.75) is 26.9 Å². The number of nitrogen functional groups attached to an aromatic ring is 1. The molecular weight excluding hydrogens is 568 g/mol. The van der Waals surface area contributed by atoms with E-state index in [-0.39, 0.29) is 5.91 Å². The predicted octanol–water partition coefficient (Wildman–Crippen LogP) is 5.49. The van der Waals surface area contributed by atoms with Crippen molar-refractivity contribution in [2.75, 3.05) is 11.1 Å². The van der Waals surface area contributed by atoms with Crippen molar-refractivity contribution in [3.05, 3.63) is 155 Å². The highest BCUT2D eigenvalue weighted by Crippen LogP contribution is 2.10. The molecular formula is C34H34N8O3. The minimum absolute atomic E-state index is 0.155. The molecule has 0 aliphatic carbocycles. The predicted molar refractivity (Wildman–Crippen MR) is 173 cm³/mol. The summed E-state index contributed by atoms with van der Waals surface area (Å²) in [5, 5.41) is 19.8. The number of aromatic nitrogens is 6.